The van der Waals surface area contributed by atoms with Crippen LogP contribution in [0.5, 0.6) is 0 Å². The fourth-order valence-corrected chi connectivity index (χ4v) is 2.38. The fourth-order valence-electron chi connectivity index (χ4n) is 2.38. The first-order chi connectivity index (χ1) is 9.08. The van der Waals surface area contributed by atoms with E-state index in [1.54, 1.807) is 0 Å². The number of carbonyl (C=O) groups is 1. The third-order valence-corrected chi connectivity index (χ3v) is 3.64. The lowest BCUT2D eigenvalue weighted by Crippen LogP contribution is -2.47. The molecule has 0 aliphatic heterocycles. The Balaban J connectivity index is 1.98. The van der Waals surface area contributed by atoms with Crippen LogP contribution >= 0.6 is 0 Å². The number of amides is 1. The molecular weight excluding hydrogens is 242 g/mol. The van der Waals surface area contributed by atoms with Crippen molar-refractivity contribution >= 4 is 5.91 Å². The van der Waals surface area contributed by atoms with Crippen LogP contribution in [0, 0.1) is 0 Å². The van der Waals surface area contributed by atoms with E-state index in [0.29, 0.717) is 0 Å². The molecule has 0 spiro atoms. The Morgan fingerprint density at radius 1 is 1.37 bits per heavy atom. The summed E-state index contributed by atoms with van der Waals surface area (Å²) in [5, 5.41) is 9.72. The van der Waals surface area contributed by atoms with Gasteiger partial charge in [-0.25, -0.2) is 4.98 Å². The van der Waals surface area contributed by atoms with Crippen molar-refractivity contribution in [1.29, 1.82) is 0 Å². The molecule has 2 atom stereocenters. The highest BCUT2D eigenvalue weighted by molar-refractivity contribution is 5.90. The van der Waals surface area contributed by atoms with Crippen LogP contribution in [0.25, 0.3) is 0 Å². The van der Waals surface area contributed by atoms with E-state index in [1.807, 2.05) is 13.8 Å². The first-order valence-corrected chi connectivity index (χ1v) is 7.06. The number of carbonyl (C=O) groups excluding carboxylic acids is 1. The molecule has 0 saturated heterocycles. The van der Waals surface area contributed by atoms with Gasteiger partial charge in [0.15, 0.2) is 0 Å². The van der Waals surface area contributed by atoms with Crippen molar-refractivity contribution in [3.05, 3.63) is 11.6 Å². The second-order valence-corrected chi connectivity index (χ2v) is 5.58. The summed E-state index contributed by atoms with van der Waals surface area (Å²) in [7, 11) is 0. The Labute approximate surface area is 113 Å². The molecule has 1 saturated carbocycles. The van der Waals surface area contributed by atoms with Gasteiger partial charge < -0.3 is 11.1 Å². The highest BCUT2D eigenvalue weighted by atomic mass is 16.2. The number of hydrogen-bond acceptors (Lipinski definition) is 4. The lowest BCUT2D eigenvalue weighted by molar-refractivity contribution is 0.0918. The second kappa shape index (κ2) is 6.14. The summed E-state index contributed by atoms with van der Waals surface area (Å²) in [6.45, 7) is 4.01. The number of H-pyrrole nitrogens is 1. The molecule has 1 aliphatic carbocycles. The summed E-state index contributed by atoms with van der Waals surface area (Å²) < 4.78 is 0. The molecule has 1 aromatic heterocycles. The Bertz CT molecular complexity index is 428. The van der Waals surface area contributed by atoms with E-state index < -0.39 is 0 Å². The predicted molar refractivity (Wildman–Crippen MR) is 72.8 cm³/mol. The topological polar surface area (TPSA) is 96.7 Å². The van der Waals surface area contributed by atoms with E-state index in [4.69, 9.17) is 5.73 Å². The van der Waals surface area contributed by atoms with Crippen LogP contribution in [-0.2, 0) is 0 Å². The lowest BCUT2D eigenvalue weighted by Gasteiger charge is -2.21. The molecule has 6 nitrogen and oxygen atoms in total. The van der Waals surface area contributed by atoms with Crippen molar-refractivity contribution in [2.45, 2.75) is 64.0 Å². The number of rotatable bonds is 3. The largest absolute Gasteiger partial charge is 0.345 e. The fraction of sp³-hybridized carbons (Fsp3) is 0.769. The first-order valence-electron chi connectivity index (χ1n) is 7.06. The maximum absolute atomic E-state index is 12.1. The molecule has 0 radical (unpaired) electrons. The summed E-state index contributed by atoms with van der Waals surface area (Å²) in [6, 6.07) is 0.0750. The molecule has 0 bridgehead atoms. The summed E-state index contributed by atoms with van der Waals surface area (Å²) in [4.78, 5) is 16.3. The zero-order valence-corrected chi connectivity index (χ0v) is 11.6. The van der Waals surface area contributed by atoms with Crippen molar-refractivity contribution in [2.75, 3.05) is 0 Å². The van der Waals surface area contributed by atoms with Gasteiger partial charge in [-0.3, -0.25) is 9.89 Å². The normalized spacial score (nSPS) is 24.2. The number of nitrogens with zero attached hydrogens (tertiary/aromatic N) is 2. The number of nitrogens with one attached hydrogen (secondary N) is 2. The van der Waals surface area contributed by atoms with Gasteiger partial charge in [0.2, 0.25) is 5.82 Å². The summed E-state index contributed by atoms with van der Waals surface area (Å²) in [5.74, 6) is 0.940. The van der Waals surface area contributed by atoms with Gasteiger partial charge in [0.1, 0.15) is 5.82 Å². The molecule has 19 heavy (non-hydrogen) atoms. The van der Waals surface area contributed by atoms with Gasteiger partial charge in [-0.05, 0) is 12.8 Å². The molecule has 1 fully saturated rings. The smallest absolute Gasteiger partial charge is 0.291 e. The van der Waals surface area contributed by atoms with Crippen molar-refractivity contribution in [2.24, 2.45) is 5.73 Å². The molecule has 0 aromatic carbocycles. The summed E-state index contributed by atoms with van der Waals surface area (Å²) in [6.07, 6.45) is 5.36. The van der Waals surface area contributed by atoms with Gasteiger partial charge in [0, 0.05) is 18.0 Å². The van der Waals surface area contributed by atoms with E-state index in [0.717, 1.165) is 31.5 Å². The van der Waals surface area contributed by atoms with Gasteiger partial charge in [-0.2, -0.15) is 0 Å². The first kappa shape index (κ1) is 14.0. The molecule has 1 heterocycles. The Morgan fingerprint density at radius 3 is 2.79 bits per heavy atom. The highest BCUT2D eigenvalue weighted by Gasteiger charge is 2.24. The van der Waals surface area contributed by atoms with E-state index in [2.05, 4.69) is 20.5 Å². The summed E-state index contributed by atoms with van der Waals surface area (Å²) >= 11 is 0. The van der Waals surface area contributed by atoms with Crippen molar-refractivity contribution in [3.8, 4) is 0 Å². The average molecular weight is 265 g/mol. The number of aromatic nitrogens is 3. The Morgan fingerprint density at radius 2 is 2.11 bits per heavy atom. The quantitative estimate of drug-likeness (QED) is 0.718. The highest BCUT2D eigenvalue weighted by Crippen LogP contribution is 2.17. The zero-order chi connectivity index (χ0) is 13.8. The van der Waals surface area contributed by atoms with Crippen LogP contribution in [0.15, 0.2) is 0 Å². The molecule has 6 heteroatoms. The molecule has 2 rings (SSSR count). The van der Waals surface area contributed by atoms with Gasteiger partial charge >= 0.3 is 0 Å². The molecule has 1 aromatic rings. The number of aromatic amines is 1. The minimum absolute atomic E-state index is 0.0370. The van der Waals surface area contributed by atoms with Crippen LogP contribution in [0.4, 0.5) is 0 Å². The van der Waals surface area contributed by atoms with E-state index in [9.17, 15) is 4.79 Å². The molecule has 1 amide bonds. The van der Waals surface area contributed by atoms with Crippen LogP contribution in [0.3, 0.4) is 0 Å². The van der Waals surface area contributed by atoms with Gasteiger partial charge in [-0.1, -0.05) is 33.1 Å². The lowest BCUT2D eigenvalue weighted by atomic mass is 10.0. The third kappa shape index (κ3) is 3.53. The molecule has 1 aliphatic rings. The Kier molecular flexibility index (Phi) is 4.52. The van der Waals surface area contributed by atoms with E-state index >= 15 is 0 Å². The predicted octanol–water partition coefficient (Wildman–Crippen LogP) is 1.32. The van der Waals surface area contributed by atoms with Crippen molar-refractivity contribution in [1.82, 2.24) is 20.5 Å². The average Bonchev–Trinajstić information content (AvgIpc) is 2.78. The molecule has 4 N–H and O–H groups in total. The maximum Gasteiger partial charge on any atom is 0.291 e. The molecule has 106 valence electrons. The number of nitrogens with two attached hydrogens (primary N) is 1. The van der Waals surface area contributed by atoms with Gasteiger partial charge in [0.05, 0.1) is 0 Å². The number of hydrogen-bond donors (Lipinski definition) is 3. The van der Waals surface area contributed by atoms with Crippen LogP contribution in [-0.4, -0.2) is 33.2 Å². The zero-order valence-electron chi connectivity index (χ0n) is 11.6. The van der Waals surface area contributed by atoms with E-state index in [-0.39, 0.29) is 29.7 Å². The minimum Gasteiger partial charge on any atom is -0.345 e. The van der Waals surface area contributed by atoms with Gasteiger partial charge in [-0.15, -0.1) is 5.10 Å². The van der Waals surface area contributed by atoms with Crippen molar-refractivity contribution < 1.29 is 4.79 Å². The third-order valence-electron chi connectivity index (χ3n) is 3.64. The molecular formula is C13H23N5O. The van der Waals surface area contributed by atoms with Crippen LogP contribution in [0.2, 0.25) is 0 Å². The maximum atomic E-state index is 12.1. The van der Waals surface area contributed by atoms with Crippen LogP contribution < -0.4 is 11.1 Å². The van der Waals surface area contributed by atoms with E-state index in [1.165, 1.54) is 6.42 Å². The van der Waals surface area contributed by atoms with Crippen molar-refractivity contribution in [3.63, 3.8) is 0 Å². The standard InChI is InChI=1S/C13H23N5O/c1-8(2)11-16-12(18-17-11)13(19)15-10-7-5-3-4-6-9(10)14/h8-10H,3-7,14H2,1-2H3,(H,15,19)(H,16,17,18). The Hall–Kier alpha value is -1.43. The minimum atomic E-state index is -0.231. The van der Waals surface area contributed by atoms with Crippen LogP contribution in [0.1, 0.15) is 68.3 Å². The van der Waals surface area contributed by atoms with Gasteiger partial charge in [0.25, 0.3) is 5.91 Å². The monoisotopic (exact) mass is 265 g/mol. The molecule has 2 unspecified atom stereocenters. The second-order valence-electron chi connectivity index (χ2n) is 5.58. The summed E-state index contributed by atoms with van der Waals surface area (Å²) in [5.41, 5.74) is 6.10. The SMILES string of the molecule is CC(C)c1nc(C(=O)NC2CCCCCC2N)n[nH]1.